The van der Waals surface area contributed by atoms with Crippen molar-refractivity contribution in [3.63, 3.8) is 0 Å². The number of para-hydroxylation sites is 1. The summed E-state index contributed by atoms with van der Waals surface area (Å²) in [6, 6.07) is 12.9. The van der Waals surface area contributed by atoms with Gasteiger partial charge in [-0.2, -0.15) is 0 Å². The number of hydrogen-bond donors (Lipinski definition) is 2. The predicted octanol–water partition coefficient (Wildman–Crippen LogP) is 3.80. The summed E-state index contributed by atoms with van der Waals surface area (Å²) in [5.41, 5.74) is 2.80. The number of aromatic nitrogens is 1. The topological polar surface area (TPSA) is 65.4 Å². The number of carbonyl (C=O) groups excluding carboxylic acids is 1. The molecule has 1 aliphatic heterocycles. The molecule has 1 aromatic heterocycles. The van der Waals surface area contributed by atoms with Crippen LogP contribution < -0.4 is 0 Å². The van der Waals surface area contributed by atoms with Gasteiger partial charge < -0.3 is 10.1 Å². The molecular weight excluding hydrogens is 379 g/mol. The molecule has 0 saturated heterocycles. The molecule has 0 unspecified atom stereocenters. The van der Waals surface area contributed by atoms with Crippen LogP contribution >= 0.6 is 22.6 Å². The molecule has 4 nitrogen and oxygen atoms in total. The molecule has 21 heavy (non-hydrogen) atoms. The second kappa shape index (κ2) is 4.42. The summed E-state index contributed by atoms with van der Waals surface area (Å²) >= 11 is 2.19. The second-order valence-corrected chi connectivity index (χ2v) is 5.98. The molecule has 5 heteroatoms. The SMILES string of the molecule is O=C1C(c2c(O)[nH]c3cccc(I)c23)=Nc2ccccc21. The maximum absolute atomic E-state index is 12.5. The molecule has 1 aliphatic rings. The lowest BCUT2D eigenvalue weighted by molar-refractivity contribution is 0.107. The zero-order valence-electron chi connectivity index (χ0n) is 10.7. The van der Waals surface area contributed by atoms with Gasteiger partial charge in [-0.3, -0.25) is 4.79 Å². The zero-order chi connectivity index (χ0) is 14.6. The van der Waals surface area contributed by atoms with Crippen LogP contribution in [0, 0.1) is 3.57 Å². The number of aromatic hydroxyl groups is 1. The third-order valence-electron chi connectivity index (χ3n) is 3.59. The van der Waals surface area contributed by atoms with Gasteiger partial charge in [-0.15, -0.1) is 0 Å². The van der Waals surface area contributed by atoms with Crippen molar-refractivity contribution in [3.05, 3.63) is 57.2 Å². The number of nitrogens with zero attached hydrogens (tertiary/aromatic N) is 1. The number of Topliss-reactive ketones (excluding diaryl/α,β-unsaturated/α-hetero) is 1. The number of fused-ring (bicyclic) bond motifs is 2. The molecule has 0 radical (unpaired) electrons. The van der Waals surface area contributed by atoms with E-state index in [1.807, 2.05) is 30.3 Å². The molecule has 2 heterocycles. The number of ketones is 1. The lowest BCUT2D eigenvalue weighted by Crippen LogP contribution is -2.11. The first-order valence-electron chi connectivity index (χ1n) is 6.39. The fourth-order valence-electron chi connectivity index (χ4n) is 2.65. The molecular formula is C16H9IN2O2. The molecule has 0 atom stereocenters. The van der Waals surface area contributed by atoms with E-state index in [1.54, 1.807) is 12.1 Å². The van der Waals surface area contributed by atoms with E-state index in [4.69, 9.17) is 0 Å². The highest BCUT2D eigenvalue weighted by Crippen LogP contribution is 2.36. The monoisotopic (exact) mass is 388 g/mol. The molecule has 0 bridgehead atoms. The first kappa shape index (κ1) is 12.6. The predicted molar refractivity (Wildman–Crippen MR) is 89.6 cm³/mol. The van der Waals surface area contributed by atoms with Gasteiger partial charge in [-0.25, -0.2) is 4.99 Å². The number of nitrogens with one attached hydrogen (secondary N) is 1. The highest BCUT2D eigenvalue weighted by molar-refractivity contribution is 14.1. The molecule has 4 rings (SSSR count). The van der Waals surface area contributed by atoms with Gasteiger partial charge >= 0.3 is 0 Å². The maximum atomic E-state index is 12.5. The summed E-state index contributed by atoms with van der Waals surface area (Å²) in [6.07, 6.45) is 0. The first-order valence-corrected chi connectivity index (χ1v) is 7.46. The smallest absolute Gasteiger partial charge is 0.214 e. The van der Waals surface area contributed by atoms with E-state index in [0.717, 1.165) is 14.5 Å². The number of benzene rings is 2. The Kier molecular flexibility index (Phi) is 2.65. The average Bonchev–Trinajstić information content (AvgIpc) is 2.97. The van der Waals surface area contributed by atoms with Gasteiger partial charge in [0.05, 0.1) is 16.8 Å². The lowest BCUT2D eigenvalue weighted by Gasteiger charge is -2.00. The molecule has 2 N–H and O–H groups in total. The Labute approximate surface area is 133 Å². The number of halogens is 1. The van der Waals surface area contributed by atoms with Crippen LogP contribution in [0.15, 0.2) is 47.5 Å². The van der Waals surface area contributed by atoms with E-state index in [0.29, 0.717) is 22.5 Å². The van der Waals surface area contributed by atoms with Crippen LogP contribution in [0.1, 0.15) is 15.9 Å². The van der Waals surface area contributed by atoms with Crippen LogP contribution in [0.25, 0.3) is 10.9 Å². The van der Waals surface area contributed by atoms with Gasteiger partial charge in [-0.05, 0) is 46.9 Å². The molecule has 0 fully saturated rings. The highest BCUT2D eigenvalue weighted by Gasteiger charge is 2.30. The minimum atomic E-state index is -0.151. The van der Waals surface area contributed by atoms with Crippen LogP contribution in [0.3, 0.4) is 0 Å². The number of aromatic amines is 1. The summed E-state index contributed by atoms with van der Waals surface area (Å²) in [6.45, 7) is 0. The maximum Gasteiger partial charge on any atom is 0.214 e. The van der Waals surface area contributed by atoms with E-state index >= 15 is 0 Å². The number of rotatable bonds is 1. The summed E-state index contributed by atoms with van der Waals surface area (Å²) in [4.78, 5) is 19.9. The van der Waals surface area contributed by atoms with Crippen molar-refractivity contribution in [1.82, 2.24) is 4.98 Å². The highest BCUT2D eigenvalue weighted by atomic mass is 127. The zero-order valence-corrected chi connectivity index (χ0v) is 12.9. The van der Waals surface area contributed by atoms with E-state index in [-0.39, 0.29) is 11.7 Å². The first-order chi connectivity index (χ1) is 10.2. The fraction of sp³-hybridized carbons (Fsp3) is 0. The van der Waals surface area contributed by atoms with Gasteiger partial charge in [0.25, 0.3) is 0 Å². The summed E-state index contributed by atoms with van der Waals surface area (Å²) in [5.74, 6) is -0.171. The number of carbonyl (C=O) groups is 1. The molecule has 0 spiro atoms. The quantitative estimate of drug-likeness (QED) is 0.623. The molecule has 0 aliphatic carbocycles. The third kappa shape index (κ3) is 1.73. The molecule has 3 aromatic rings. The van der Waals surface area contributed by atoms with Crippen LogP contribution in [-0.4, -0.2) is 21.6 Å². The Morgan fingerprint density at radius 1 is 1.10 bits per heavy atom. The van der Waals surface area contributed by atoms with Crippen molar-refractivity contribution >= 4 is 50.7 Å². The van der Waals surface area contributed by atoms with Crippen molar-refractivity contribution in [2.75, 3.05) is 0 Å². The van der Waals surface area contributed by atoms with E-state index in [9.17, 15) is 9.90 Å². The van der Waals surface area contributed by atoms with Crippen LogP contribution in [-0.2, 0) is 0 Å². The van der Waals surface area contributed by atoms with Crippen LogP contribution in [0.2, 0.25) is 0 Å². The summed E-state index contributed by atoms with van der Waals surface area (Å²) in [5, 5.41) is 11.1. The largest absolute Gasteiger partial charge is 0.494 e. The van der Waals surface area contributed by atoms with Crippen molar-refractivity contribution < 1.29 is 9.90 Å². The minimum Gasteiger partial charge on any atom is -0.494 e. The van der Waals surface area contributed by atoms with Gasteiger partial charge in [-0.1, -0.05) is 18.2 Å². The van der Waals surface area contributed by atoms with Crippen molar-refractivity contribution in [2.24, 2.45) is 4.99 Å². The van der Waals surface area contributed by atoms with Gasteiger partial charge in [0, 0.05) is 14.5 Å². The summed E-state index contributed by atoms with van der Waals surface area (Å²) in [7, 11) is 0. The second-order valence-electron chi connectivity index (χ2n) is 4.82. The Morgan fingerprint density at radius 3 is 2.71 bits per heavy atom. The minimum absolute atomic E-state index is 0.0194. The van der Waals surface area contributed by atoms with Gasteiger partial charge in [0.15, 0.2) is 5.88 Å². The molecule has 2 aromatic carbocycles. The molecule has 0 saturated carbocycles. The van der Waals surface area contributed by atoms with Crippen molar-refractivity contribution in [1.29, 1.82) is 0 Å². The lowest BCUT2D eigenvalue weighted by atomic mass is 10.0. The van der Waals surface area contributed by atoms with E-state index < -0.39 is 0 Å². The van der Waals surface area contributed by atoms with Crippen molar-refractivity contribution in [3.8, 4) is 5.88 Å². The number of hydrogen-bond acceptors (Lipinski definition) is 3. The Morgan fingerprint density at radius 2 is 1.90 bits per heavy atom. The van der Waals surface area contributed by atoms with Crippen LogP contribution in [0.5, 0.6) is 5.88 Å². The Hall–Kier alpha value is -2.15. The fourth-order valence-corrected chi connectivity index (χ4v) is 3.42. The third-order valence-corrected chi connectivity index (χ3v) is 4.49. The number of aliphatic imine (C=N–C) groups is 1. The van der Waals surface area contributed by atoms with Gasteiger partial charge in [0.2, 0.25) is 5.78 Å². The van der Waals surface area contributed by atoms with Crippen LogP contribution in [0.4, 0.5) is 5.69 Å². The number of H-pyrrole nitrogens is 1. The Bertz CT molecular complexity index is 941. The molecule has 0 amide bonds. The molecule has 102 valence electrons. The Balaban J connectivity index is 2.02. The standard InChI is InChI=1S/C16H9IN2O2/c17-9-5-3-7-11-12(9)13(16(21)19-11)14-15(20)8-4-1-2-6-10(8)18-14/h1-7,19,21H. The average molecular weight is 388 g/mol. The van der Waals surface area contributed by atoms with Crippen molar-refractivity contribution in [2.45, 2.75) is 0 Å². The normalized spacial score (nSPS) is 13.6. The van der Waals surface area contributed by atoms with E-state index in [2.05, 4.69) is 32.6 Å². The van der Waals surface area contributed by atoms with Gasteiger partial charge in [0.1, 0.15) is 5.71 Å². The van der Waals surface area contributed by atoms with E-state index in [1.165, 1.54) is 0 Å². The summed E-state index contributed by atoms with van der Waals surface area (Å²) < 4.78 is 0.961.